The average molecular weight is 153 g/mol. The Labute approximate surface area is 65.0 Å². The molecule has 4 nitrogen and oxygen atoms in total. The normalized spacial score (nSPS) is 26.7. The minimum Gasteiger partial charge on any atom is -0.326 e. The Bertz CT molecular complexity index is 206. The highest BCUT2D eigenvalue weighted by atomic mass is 16.2. The van der Waals surface area contributed by atoms with E-state index >= 15 is 0 Å². The van der Waals surface area contributed by atoms with Crippen LogP contribution in [-0.4, -0.2) is 17.8 Å². The van der Waals surface area contributed by atoms with Crippen molar-refractivity contribution in [1.29, 1.82) is 0 Å². The van der Waals surface area contributed by atoms with Crippen molar-refractivity contribution in [1.82, 2.24) is 10.7 Å². The van der Waals surface area contributed by atoms with Gasteiger partial charge in [-0.3, -0.25) is 0 Å². The lowest BCUT2D eigenvalue weighted by molar-refractivity contribution is 0.231. The van der Waals surface area contributed by atoms with Crippen LogP contribution in [0.4, 0.5) is 4.79 Å². The molecule has 1 saturated carbocycles. The Hall–Kier alpha value is -1.06. The van der Waals surface area contributed by atoms with Gasteiger partial charge in [0, 0.05) is 0 Å². The number of hydrogen-bond donors (Lipinski definition) is 2. The summed E-state index contributed by atoms with van der Waals surface area (Å²) in [6, 6.07) is -0.172. The molecule has 1 spiro atoms. The van der Waals surface area contributed by atoms with E-state index < -0.39 is 0 Å². The molecule has 1 fully saturated rings. The summed E-state index contributed by atoms with van der Waals surface area (Å²) in [4.78, 5) is 10.9. The van der Waals surface area contributed by atoms with Gasteiger partial charge in [-0.15, -0.1) is 0 Å². The minimum absolute atomic E-state index is 0.109. The van der Waals surface area contributed by atoms with Crippen molar-refractivity contribution in [2.75, 3.05) is 0 Å². The van der Waals surface area contributed by atoms with Gasteiger partial charge in [0.2, 0.25) is 0 Å². The maximum absolute atomic E-state index is 10.9. The van der Waals surface area contributed by atoms with Gasteiger partial charge in [0.15, 0.2) is 0 Å². The summed E-state index contributed by atoms with van der Waals surface area (Å²) in [6.07, 6.45) is 6.26. The third-order valence-corrected chi connectivity index (χ3v) is 2.34. The first-order chi connectivity index (χ1) is 5.31. The summed E-state index contributed by atoms with van der Waals surface area (Å²) < 4.78 is 0. The second kappa shape index (κ2) is 2.22. The van der Waals surface area contributed by atoms with Crippen LogP contribution in [0.1, 0.15) is 25.7 Å². The highest BCUT2D eigenvalue weighted by Gasteiger charge is 2.35. The lowest BCUT2D eigenvalue weighted by atomic mass is 9.99. The number of amides is 2. The van der Waals surface area contributed by atoms with Crippen molar-refractivity contribution >= 4 is 12.2 Å². The third kappa shape index (κ3) is 1.08. The van der Waals surface area contributed by atoms with Gasteiger partial charge < -0.3 is 5.32 Å². The molecule has 0 saturated heterocycles. The molecule has 2 rings (SSSR count). The Morgan fingerprint density at radius 1 is 1.45 bits per heavy atom. The second-order valence-electron chi connectivity index (χ2n) is 3.19. The number of hydrazone groups is 1. The zero-order chi connectivity index (χ0) is 7.73. The SMILES string of the molecule is O=C1NN=CC2(CCCC2)N1. The molecule has 11 heavy (non-hydrogen) atoms. The predicted molar refractivity (Wildman–Crippen MR) is 41.4 cm³/mol. The first-order valence-corrected chi connectivity index (χ1v) is 3.93. The summed E-state index contributed by atoms with van der Waals surface area (Å²) in [5.41, 5.74) is 2.24. The van der Waals surface area contributed by atoms with E-state index in [1.807, 2.05) is 6.21 Å². The Morgan fingerprint density at radius 2 is 2.18 bits per heavy atom. The highest BCUT2D eigenvalue weighted by Crippen LogP contribution is 2.28. The summed E-state index contributed by atoms with van der Waals surface area (Å²) in [7, 11) is 0. The standard InChI is InChI=1S/C7H11N3O/c11-6-9-7(5-8-10-6)3-1-2-4-7/h5H,1-4H2,(H2,9,10,11). The smallest absolute Gasteiger partial charge is 0.326 e. The fourth-order valence-electron chi connectivity index (χ4n) is 1.76. The van der Waals surface area contributed by atoms with Crippen LogP contribution in [0.3, 0.4) is 0 Å². The molecule has 0 aromatic carbocycles. The van der Waals surface area contributed by atoms with E-state index in [0.717, 1.165) is 12.8 Å². The van der Waals surface area contributed by atoms with Crippen LogP contribution in [-0.2, 0) is 0 Å². The largest absolute Gasteiger partial charge is 0.335 e. The summed E-state index contributed by atoms with van der Waals surface area (Å²) in [5, 5.41) is 6.70. The second-order valence-corrected chi connectivity index (χ2v) is 3.19. The molecular weight excluding hydrogens is 142 g/mol. The monoisotopic (exact) mass is 153 g/mol. The van der Waals surface area contributed by atoms with Crippen molar-refractivity contribution in [2.24, 2.45) is 5.10 Å². The molecule has 2 amide bonds. The Morgan fingerprint density at radius 3 is 2.82 bits per heavy atom. The van der Waals surface area contributed by atoms with Crippen molar-refractivity contribution in [3.8, 4) is 0 Å². The van der Waals surface area contributed by atoms with Gasteiger partial charge in [-0.25, -0.2) is 10.2 Å². The van der Waals surface area contributed by atoms with Crippen molar-refractivity contribution in [3.63, 3.8) is 0 Å². The van der Waals surface area contributed by atoms with Crippen LogP contribution in [0.2, 0.25) is 0 Å². The number of nitrogens with one attached hydrogen (secondary N) is 2. The van der Waals surface area contributed by atoms with Gasteiger partial charge in [0.25, 0.3) is 0 Å². The summed E-state index contributed by atoms with van der Waals surface area (Å²) in [5.74, 6) is 0. The lowest BCUT2D eigenvalue weighted by Crippen LogP contribution is -2.54. The number of carbonyl (C=O) groups is 1. The Balaban J connectivity index is 2.18. The molecule has 0 unspecified atom stereocenters. The van der Waals surface area contributed by atoms with Crippen molar-refractivity contribution in [2.45, 2.75) is 31.2 Å². The lowest BCUT2D eigenvalue weighted by Gasteiger charge is -2.28. The van der Waals surface area contributed by atoms with E-state index in [4.69, 9.17) is 0 Å². The number of rotatable bonds is 0. The van der Waals surface area contributed by atoms with Crippen LogP contribution in [0, 0.1) is 0 Å². The molecule has 2 aliphatic rings. The summed E-state index contributed by atoms with van der Waals surface area (Å²) >= 11 is 0. The average Bonchev–Trinajstić information content (AvgIpc) is 2.37. The van der Waals surface area contributed by atoms with E-state index in [0.29, 0.717) is 0 Å². The van der Waals surface area contributed by atoms with Crippen LogP contribution >= 0.6 is 0 Å². The van der Waals surface area contributed by atoms with E-state index in [1.165, 1.54) is 12.8 Å². The fourth-order valence-corrected chi connectivity index (χ4v) is 1.76. The van der Waals surface area contributed by atoms with Gasteiger partial charge in [0.1, 0.15) is 0 Å². The molecule has 0 radical (unpaired) electrons. The molecule has 0 bridgehead atoms. The molecule has 0 atom stereocenters. The maximum Gasteiger partial charge on any atom is 0.335 e. The maximum atomic E-state index is 10.9. The zero-order valence-corrected chi connectivity index (χ0v) is 6.26. The first kappa shape index (κ1) is 6.64. The van der Waals surface area contributed by atoms with E-state index in [-0.39, 0.29) is 11.6 Å². The van der Waals surface area contributed by atoms with Crippen molar-refractivity contribution < 1.29 is 4.79 Å². The highest BCUT2D eigenvalue weighted by molar-refractivity contribution is 5.86. The molecule has 4 heteroatoms. The number of urea groups is 1. The Kier molecular flexibility index (Phi) is 1.34. The first-order valence-electron chi connectivity index (χ1n) is 3.93. The van der Waals surface area contributed by atoms with Gasteiger partial charge in [0.05, 0.1) is 11.8 Å². The molecule has 1 aliphatic carbocycles. The van der Waals surface area contributed by atoms with Crippen LogP contribution in [0.25, 0.3) is 0 Å². The quantitative estimate of drug-likeness (QED) is 0.526. The van der Waals surface area contributed by atoms with Gasteiger partial charge in [-0.2, -0.15) is 5.10 Å². The van der Waals surface area contributed by atoms with E-state index in [1.54, 1.807) is 0 Å². The van der Waals surface area contributed by atoms with Gasteiger partial charge in [-0.05, 0) is 12.8 Å². The molecule has 1 heterocycles. The van der Waals surface area contributed by atoms with Crippen LogP contribution in [0.15, 0.2) is 5.10 Å². The molecule has 1 aliphatic heterocycles. The van der Waals surface area contributed by atoms with Crippen LogP contribution in [0.5, 0.6) is 0 Å². The number of hydrogen-bond acceptors (Lipinski definition) is 2. The molecule has 2 N–H and O–H groups in total. The van der Waals surface area contributed by atoms with Gasteiger partial charge in [-0.1, -0.05) is 12.8 Å². The zero-order valence-electron chi connectivity index (χ0n) is 6.26. The summed E-state index contributed by atoms with van der Waals surface area (Å²) in [6.45, 7) is 0. The molecule has 0 aromatic rings. The molecular formula is C7H11N3O. The molecule has 60 valence electrons. The van der Waals surface area contributed by atoms with E-state index in [9.17, 15) is 4.79 Å². The third-order valence-electron chi connectivity index (χ3n) is 2.34. The number of nitrogens with zero attached hydrogens (tertiary/aromatic N) is 1. The van der Waals surface area contributed by atoms with E-state index in [2.05, 4.69) is 15.8 Å². The topological polar surface area (TPSA) is 53.5 Å². The van der Waals surface area contributed by atoms with Crippen LogP contribution < -0.4 is 10.7 Å². The predicted octanol–water partition coefficient (Wildman–Crippen LogP) is 0.598. The fraction of sp³-hybridized carbons (Fsp3) is 0.714. The minimum atomic E-state index is -0.172. The van der Waals surface area contributed by atoms with Gasteiger partial charge >= 0.3 is 6.03 Å². The van der Waals surface area contributed by atoms with Crippen molar-refractivity contribution in [3.05, 3.63) is 0 Å². The molecule has 0 aromatic heterocycles. The number of carbonyl (C=O) groups excluding carboxylic acids is 1.